The second-order valence-electron chi connectivity index (χ2n) is 8.56. The van der Waals surface area contributed by atoms with E-state index in [9.17, 15) is 18.0 Å². The van der Waals surface area contributed by atoms with Crippen LogP contribution < -0.4 is 0 Å². The van der Waals surface area contributed by atoms with E-state index in [0.717, 1.165) is 56.8 Å². The Labute approximate surface area is 175 Å². The summed E-state index contributed by atoms with van der Waals surface area (Å²) in [6.07, 6.45) is 7.64. The highest BCUT2D eigenvalue weighted by atomic mass is 19.4. The predicted octanol–water partition coefficient (Wildman–Crippen LogP) is 5.41. The van der Waals surface area contributed by atoms with Gasteiger partial charge in [0.2, 0.25) is 5.91 Å². The number of carbonyl (C=O) groups excluding carboxylic acids is 1. The Bertz CT molecular complexity index is 867. The first-order valence-electron chi connectivity index (χ1n) is 10.9. The van der Waals surface area contributed by atoms with Gasteiger partial charge in [-0.3, -0.25) is 4.79 Å². The van der Waals surface area contributed by atoms with Crippen LogP contribution in [0.25, 0.3) is 0 Å². The summed E-state index contributed by atoms with van der Waals surface area (Å²) in [5.41, 5.74) is -0.0794. The van der Waals surface area contributed by atoms with Gasteiger partial charge in [0.1, 0.15) is 5.82 Å². The average Bonchev–Trinajstić information content (AvgIpc) is 3.11. The van der Waals surface area contributed by atoms with Crippen LogP contribution in [-0.2, 0) is 24.1 Å². The third-order valence-corrected chi connectivity index (χ3v) is 6.47. The number of amides is 1. The summed E-state index contributed by atoms with van der Waals surface area (Å²) in [5.74, 6) is 1.08. The highest BCUT2D eigenvalue weighted by Crippen LogP contribution is 2.33. The Kier molecular flexibility index (Phi) is 6.16. The number of imidazole rings is 1. The summed E-state index contributed by atoms with van der Waals surface area (Å²) >= 11 is 0. The molecule has 162 valence electrons. The molecule has 0 radical (unpaired) electrons. The van der Waals surface area contributed by atoms with Crippen molar-refractivity contribution in [1.29, 1.82) is 0 Å². The number of carbonyl (C=O) groups is 1. The van der Waals surface area contributed by atoms with Crippen LogP contribution in [0, 0.1) is 5.92 Å². The Morgan fingerprint density at radius 2 is 1.87 bits per heavy atom. The maximum Gasteiger partial charge on any atom is 0.416 e. The Morgan fingerprint density at radius 3 is 2.53 bits per heavy atom. The molecular weight excluding hydrogens is 391 g/mol. The van der Waals surface area contributed by atoms with Crippen LogP contribution in [0.5, 0.6) is 0 Å². The van der Waals surface area contributed by atoms with E-state index < -0.39 is 11.7 Å². The third-order valence-electron chi connectivity index (χ3n) is 6.47. The van der Waals surface area contributed by atoms with E-state index in [1.165, 1.54) is 18.6 Å². The molecule has 0 aliphatic heterocycles. The fourth-order valence-electron chi connectivity index (χ4n) is 4.50. The van der Waals surface area contributed by atoms with Crippen molar-refractivity contribution in [1.82, 2.24) is 14.5 Å². The molecule has 2 aromatic rings. The molecule has 0 saturated heterocycles. The maximum atomic E-state index is 13.1. The van der Waals surface area contributed by atoms with Gasteiger partial charge in [0, 0.05) is 30.9 Å². The zero-order valence-corrected chi connectivity index (χ0v) is 17.1. The summed E-state index contributed by atoms with van der Waals surface area (Å²) in [7, 11) is 0. The number of alkyl halides is 3. The van der Waals surface area contributed by atoms with Crippen molar-refractivity contribution in [2.45, 2.75) is 76.7 Å². The molecule has 2 saturated carbocycles. The van der Waals surface area contributed by atoms with Gasteiger partial charge in [-0.05, 0) is 43.4 Å². The number of benzene rings is 1. The molecule has 30 heavy (non-hydrogen) atoms. The zero-order chi connectivity index (χ0) is 21.1. The zero-order valence-electron chi connectivity index (χ0n) is 17.1. The molecule has 0 bridgehead atoms. The summed E-state index contributed by atoms with van der Waals surface area (Å²) in [6, 6.07) is 5.63. The van der Waals surface area contributed by atoms with Gasteiger partial charge in [-0.1, -0.05) is 37.8 Å². The van der Waals surface area contributed by atoms with Crippen molar-refractivity contribution in [3.8, 4) is 0 Å². The maximum absolute atomic E-state index is 13.1. The van der Waals surface area contributed by atoms with Crippen LogP contribution in [-0.4, -0.2) is 26.4 Å². The topological polar surface area (TPSA) is 38.1 Å². The van der Waals surface area contributed by atoms with E-state index in [1.807, 2.05) is 9.47 Å². The van der Waals surface area contributed by atoms with Crippen LogP contribution in [0.4, 0.5) is 13.2 Å². The lowest BCUT2D eigenvalue weighted by Gasteiger charge is -2.38. The van der Waals surface area contributed by atoms with Crippen molar-refractivity contribution in [2.24, 2.45) is 5.92 Å². The predicted molar refractivity (Wildman–Crippen MR) is 108 cm³/mol. The molecule has 0 unspecified atom stereocenters. The molecule has 4 rings (SSSR count). The first-order valence-corrected chi connectivity index (χ1v) is 10.9. The summed E-state index contributed by atoms with van der Waals surface area (Å²) in [4.78, 5) is 19.6. The first-order chi connectivity index (χ1) is 14.4. The lowest BCUT2D eigenvalue weighted by Crippen LogP contribution is -2.46. The molecule has 0 N–H and O–H groups in total. The molecule has 2 aliphatic carbocycles. The van der Waals surface area contributed by atoms with Crippen LogP contribution in [0.3, 0.4) is 0 Å². The third kappa shape index (κ3) is 4.71. The van der Waals surface area contributed by atoms with E-state index in [-0.39, 0.29) is 17.9 Å². The summed E-state index contributed by atoms with van der Waals surface area (Å²) in [5, 5.41) is 0. The molecule has 7 heteroatoms. The average molecular weight is 419 g/mol. The molecule has 4 nitrogen and oxygen atoms in total. The summed E-state index contributed by atoms with van der Waals surface area (Å²) < 4.78 is 41.0. The van der Waals surface area contributed by atoms with Gasteiger partial charge < -0.3 is 9.47 Å². The molecule has 0 atom stereocenters. The van der Waals surface area contributed by atoms with Crippen LogP contribution in [0.15, 0.2) is 36.7 Å². The number of nitrogens with zero attached hydrogens (tertiary/aromatic N) is 3. The van der Waals surface area contributed by atoms with Gasteiger partial charge in [-0.2, -0.15) is 13.2 Å². The molecule has 2 aliphatic rings. The molecule has 1 amide bonds. The Balaban J connectivity index is 1.52. The van der Waals surface area contributed by atoms with Gasteiger partial charge in [0.15, 0.2) is 0 Å². The SMILES string of the molecule is O=C(C1CCC1)N(Cc1nccn1Cc1cccc(C(F)(F)F)c1)C1CCCCC1. The van der Waals surface area contributed by atoms with Crippen molar-refractivity contribution >= 4 is 5.91 Å². The Morgan fingerprint density at radius 1 is 1.10 bits per heavy atom. The highest BCUT2D eigenvalue weighted by molar-refractivity contribution is 5.79. The van der Waals surface area contributed by atoms with Crippen molar-refractivity contribution in [3.05, 3.63) is 53.6 Å². The first kappa shape index (κ1) is 20.9. The fraction of sp³-hybridized carbons (Fsp3) is 0.565. The lowest BCUT2D eigenvalue weighted by atomic mass is 9.83. The van der Waals surface area contributed by atoms with E-state index in [4.69, 9.17) is 0 Å². The highest BCUT2D eigenvalue weighted by Gasteiger charge is 2.34. The second-order valence-corrected chi connectivity index (χ2v) is 8.56. The minimum atomic E-state index is -4.36. The molecule has 1 aromatic heterocycles. The lowest BCUT2D eigenvalue weighted by molar-refractivity contribution is -0.142. The fourth-order valence-corrected chi connectivity index (χ4v) is 4.50. The molecular formula is C23H28F3N3O. The second kappa shape index (κ2) is 8.82. The quantitative estimate of drug-likeness (QED) is 0.628. The minimum absolute atomic E-state index is 0.124. The molecule has 1 heterocycles. The van der Waals surface area contributed by atoms with Gasteiger partial charge in [-0.15, -0.1) is 0 Å². The monoisotopic (exact) mass is 419 g/mol. The summed E-state index contributed by atoms with van der Waals surface area (Å²) in [6.45, 7) is 0.724. The number of rotatable bonds is 6. The van der Waals surface area contributed by atoms with Gasteiger partial charge >= 0.3 is 6.18 Å². The molecule has 2 fully saturated rings. The van der Waals surface area contributed by atoms with Crippen molar-refractivity contribution < 1.29 is 18.0 Å². The van der Waals surface area contributed by atoms with E-state index >= 15 is 0 Å². The van der Waals surface area contributed by atoms with E-state index in [0.29, 0.717) is 18.7 Å². The van der Waals surface area contributed by atoms with Gasteiger partial charge in [0.05, 0.1) is 12.1 Å². The van der Waals surface area contributed by atoms with Crippen molar-refractivity contribution in [2.75, 3.05) is 0 Å². The van der Waals surface area contributed by atoms with E-state index in [1.54, 1.807) is 18.5 Å². The van der Waals surface area contributed by atoms with Crippen LogP contribution in [0.1, 0.15) is 68.3 Å². The normalized spacial score (nSPS) is 18.2. The number of aromatic nitrogens is 2. The van der Waals surface area contributed by atoms with Crippen molar-refractivity contribution in [3.63, 3.8) is 0 Å². The van der Waals surface area contributed by atoms with Gasteiger partial charge in [0.25, 0.3) is 0 Å². The van der Waals surface area contributed by atoms with Crippen LogP contribution >= 0.6 is 0 Å². The largest absolute Gasteiger partial charge is 0.416 e. The minimum Gasteiger partial charge on any atom is -0.332 e. The smallest absolute Gasteiger partial charge is 0.332 e. The standard InChI is InChI=1S/C23H28F3N3O/c24-23(25,26)19-9-4-6-17(14-19)15-28-13-12-27-21(28)16-29(20-10-2-1-3-11-20)22(30)18-7-5-8-18/h4,6,9,12-14,18,20H,1-3,5,7-8,10-11,15-16H2. The Hall–Kier alpha value is -2.31. The number of hydrogen-bond donors (Lipinski definition) is 0. The molecule has 0 spiro atoms. The van der Waals surface area contributed by atoms with E-state index in [2.05, 4.69) is 4.98 Å². The molecule has 1 aromatic carbocycles. The van der Waals surface area contributed by atoms with Gasteiger partial charge in [-0.25, -0.2) is 4.98 Å². The number of hydrogen-bond acceptors (Lipinski definition) is 2. The van der Waals surface area contributed by atoms with Crippen LogP contribution in [0.2, 0.25) is 0 Å². The number of halogens is 3.